The van der Waals surface area contributed by atoms with Crippen LogP contribution in [-0.4, -0.2) is 11.4 Å². The average Bonchev–Trinajstić information content (AvgIpc) is 2.68. The van der Waals surface area contributed by atoms with Gasteiger partial charge in [-0.1, -0.05) is 71.4 Å². The van der Waals surface area contributed by atoms with E-state index < -0.39 is 0 Å². The summed E-state index contributed by atoms with van der Waals surface area (Å²) in [7, 11) is 0. The van der Waals surface area contributed by atoms with E-state index in [0.29, 0.717) is 0 Å². The van der Waals surface area contributed by atoms with Crippen molar-refractivity contribution in [3.05, 3.63) is 100 Å². The van der Waals surface area contributed by atoms with Crippen LogP contribution in [0, 0.1) is 0 Å². The van der Waals surface area contributed by atoms with E-state index >= 15 is 0 Å². The molecule has 1 unspecified atom stereocenters. The zero-order valence-corrected chi connectivity index (χ0v) is 18.0. The van der Waals surface area contributed by atoms with Crippen LogP contribution >= 0.6 is 15.9 Å². The molecule has 0 N–H and O–H groups in total. The Hall–Kier alpha value is -2.39. The van der Waals surface area contributed by atoms with Gasteiger partial charge < -0.3 is 4.90 Å². The van der Waals surface area contributed by atoms with Crippen molar-refractivity contribution in [1.82, 2.24) is 0 Å². The molecule has 0 fully saturated rings. The van der Waals surface area contributed by atoms with E-state index in [1.165, 1.54) is 11.1 Å². The normalized spacial score (nSPS) is 20.5. The molecule has 1 aliphatic heterocycles. The standard InChI is InChI=1S/C25H24BrNO/c1-24(2)17-25(3,19-12-9-13-20(26)16-19)21-14-7-8-15-22(21)27(24)23(28)18-10-5-4-6-11-18/h4-16H,17H2,1-3H3. The number of hydrogen-bond donors (Lipinski definition) is 0. The molecule has 3 aromatic rings. The first kappa shape index (κ1) is 18.9. The summed E-state index contributed by atoms with van der Waals surface area (Å²) >= 11 is 3.62. The van der Waals surface area contributed by atoms with Crippen molar-refractivity contribution in [2.75, 3.05) is 4.90 Å². The first-order valence-electron chi connectivity index (χ1n) is 9.58. The van der Waals surface area contributed by atoms with Gasteiger partial charge in [0.15, 0.2) is 0 Å². The van der Waals surface area contributed by atoms with Crippen molar-refractivity contribution in [3.8, 4) is 0 Å². The predicted octanol–water partition coefficient (Wildman–Crippen LogP) is 6.58. The number of anilines is 1. The monoisotopic (exact) mass is 433 g/mol. The lowest BCUT2D eigenvalue weighted by Gasteiger charge is -2.51. The van der Waals surface area contributed by atoms with Crippen LogP contribution in [0.25, 0.3) is 0 Å². The fourth-order valence-corrected chi connectivity index (χ4v) is 5.08. The minimum absolute atomic E-state index is 0.0503. The van der Waals surface area contributed by atoms with Crippen LogP contribution in [0.3, 0.4) is 0 Å². The smallest absolute Gasteiger partial charge is 0.258 e. The third-order valence-electron chi connectivity index (χ3n) is 5.82. The molecule has 0 saturated heterocycles. The minimum atomic E-state index is -0.335. The van der Waals surface area contributed by atoms with Gasteiger partial charge in [-0.25, -0.2) is 0 Å². The van der Waals surface area contributed by atoms with Gasteiger partial charge in [0.05, 0.1) is 0 Å². The molecule has 1 aliphatic rings. The number of rotatable bonds is 2. The zero-order chi connectivity index (χ0) is 19.9. The molecule has 3 heteroatoms. The average molecular weight is 434 g/mol. The summed E-state index contributed by atoms with van der Waals surface area (Å²) in [4.78, 5) is 15.5. The highest BCUT2D eigenvalue weighted by atomic mass is 79.9. The minimum Gasteiger partial charge on any atom is -0.302 e. The number of carbonyl (C=O) groups excluding carboxylic acids is 1. The maximum absolute atomic E-state index is 13.5. The van der Waals surface area contributed by atoms with Gasteiger partial charge in [-0.3, -0.25) is 4.79 Å². The predicted molar refractivity (Wildman–Crippen MR) is 119 cm³/mol. The molecule has 4 rings (SSSR count). The molecule has 28 heavy (non-hydrogen) atoms. The largest absolute Gasteiger partial charge is 0.302 e. The van der Waals surface area contributed by atoms with E-state index in [-0.39, 0.29) is 16.9 Å². The molecule has 0 saturated carbocycles. The summed E-state index contributed by atoms with van der Waals surface area (Å²) in [5.41, 5.74) is 3.65. The van der Waals surface area contributed by atoms with Crippen LogP contribution < -0.4 is 4.90 Å². The highest BCUT2D eigenvalue weighted by molar-refractivity contribution is 9.10. The molecular weight excluding hydrogens is 410 g/mol. The summed E-state index contributed by atoms with van der Waals surface area (Å²) in [5, 5.41) is 0. The Morgan fingerprint density at radius 1 is 0.893 bits per heavy atom. The topological polar surface area (TPSA) is 20.3 Å². The maximum Gasteiger partial charge on any atom is 0.258 e. The molecule has 0 spiro atoms. The summed E-state index contributed by atoms with van der Waals surface area (Å²) in [6, 6.07) is 26.4. The van der Waals surface area contributed by atoms with Crippen LogP contribution in [0.5, 0.6) is 0 Å². The van der Waals surface area contributed by atoms with Gasteiger partial charge in [0, 0.05) is 26.7 Å². The second-order valence-electron chi connectivity index (χ2n) is 8.36. The molecule has 0 radical (unpaired) electrons. The van der Waals surface area contributed by atoms with Crippen LogP contribution in [0.1, 0.15) is 48.7 Å². The van der Waals surface area contributed by atoms with Crippen LogP contribution in [0.4, 0.5) is 5.69 Å². The molecule has 1 heterocycles. The molecule has 3 aromatic carbocycles. The van der Waals surface area contributed by atoms with E-state index in [1.807, 2.05) is 41.3 Å². The number of fused-ring (bicyclic) bond motifs is 1. The SMILES string of the molecule is CC1(c2cccc(Br)c2)CC(C)(C)N(C(=O)c2ccccc2)c2ccccc21. The molecule has 0 aromatic heterocycles. The van der Waals surface area contributed by atoms with Gasteiger partial charge in [0.1, 0.15) is 0 Å². The maximum atomic E-state index is 13.5. The first-order chi connectivity index (χ1) is 13.3. The Morgan fingerprint density at radius 3 is 2.29 bits per heavy atom. The van der Waals surface area contributed by atoms with Crippen LogP contribution in [0.2, 0.25) is 0 Å². The number of amides is 1. The Balaban J connectivity index is 1.90. The van der Waals surface area contributed by atoms with Gasteiger partial charge in [0.2, 0.25) is 0 Å². The number of benzene rings is 3. The first-order valence-corrected chi connectivity index (χ1v) is 10.4. The van der Waals surface area contributed by atoms with Gasteiger partial charge in [-0.05, 0) is 61.7 Å². The Morgan fingerprint density at radius 2 is 1.57 bits per heavy atom. The fraction of sp³-hybridized carbons (Fsp3) is 0.240. The lowest BCUT2D eigenvalue weighted by Crippen LogP contribution is -2.55. The van der Waals surface area contributed by atoms with Crippen molar-refractivity contribution in [1.29, 1.82) is 0 Å². The van der Waals surface area contributed by atoms with Crippen molar-refractivity contribution >= 4 is 27.5 Å². The molecule has 2 nitrogen and oxygen atoms in total. The second-order valence-corrected chi connectivity index (χ2v) is 9.27. The Kier molecular flexibility index (Phi) is 4.67. The molecule has 142 valence electrons. The van der Waals surface area contributed by atoms with Crippen LogP contribution in [0.15, 0.2) is 83.3 Å². The van der Waals surface area contributed by atoms with Gasteiger partial charge in [-0.2, -0.15) is 0 Å². The zero-order valence-electron chi connectivity index (χ0n) is 16.4. The lowest BCUT2D eigenvalue weighted by molar-refractivity contribution is 0.0948. The van der Waals surface area contributed by atoms with Gasteiger partial charge in [-0.15, -0.1) is 0 Å². The quantitative estimate of drug-likeness (QED) is 0.446. The molecular formula is C25H24BrNO. The highest BCUT2D eigenvalue weighted by Gasteiger charge is 2.47. The third kappa shape index (κ3) is 3.08. The van der Waals surface area contributed by atoms with Crippen molar-refractivity contribution in [3.63, 3.8) is 0 Å². The lowest BCUT2D eigenvalue weighted by atomic mass is 9.65. The molecule has 1 atom stereocenters. The summed E-state index contributed by atoms with van der Waals surface area (Å²) in [6.07, 6.45) is 0.839. The van der Waals surface area contributed by atoms with Gasteiger partial charge >= 0.3 is 0 Å². The molecule has 1 amide bonds. The van der Waals surface area contributed by atoms with Crippen molar-refractivity contribution < 1.29 is 4.79 Å². The van der Waals surface area contributed by atoms with E-state index in [1.54, 1.807) is 0 Å². The summed E-state index contributed by atoms with van der Waals surface area (Å²) < 4.78 is 1.07. The van der Waals surface area contributed by atoms with E-state index in [4.69, 9.17) is 0 Å². The fourth-order valence-electron chi connectivity index (χ4n) is 4.68. The van der Waals surface area contributed by atoms with E-state index in [2.05, 4.69) is 79.2 Å². The number of nitrogens with zero attached hydrogens (tertiary/aromatic N) is 1. The van der Waals surface area contributed by atoms with E-state index in [0.717, 1.165) is 22.1 Å². The summed E-state index contributed by atoms with van der Waals surface area (Å²) in [5.74, 6) is 0.0503. The van der Waals surface area contributed by atoms with Gasteiger partial charge in [0.25, 0.3) is 5.91 Å². The summed E-state index contributed by atoms with van der Waals surface area (Å²) in [6.45, 7) is 6.62. The Bertz CT molecular complexity index is 1030. The van der Waals surface area contributed by atoms with Crippen LogP contribution in [-0.2, 0) is 5.41 Å². The van der Waals surface area contributed by atoms with E-state index in [9.17, 15) is 4.79 Å². The number of halogens is 1. The molecule has 0 bridgehead atoms. The number of carbonyl (C=O) groups is 1. The number of hydrogen-bond acceptors (Lipinski definition) is 1. The number of para-hydroxylation sites is 1. The van der Waals surface area contributed by atoms with Crippen molar-refractivity contribution in [2.45, 2.75) is 38.1 Å². The van der Waals surface area contributed by atoms with Crippen molar-refractivity contribution in [2.24, 2.45) is 0 Å². The second kappa shape index (κ2) is 6.89. The molecule has 0 aliphatic carbocycles. The highest BCUT2D eigenvalue weighted by Crippen LogP contribution is 2.50. The Labute approximate surface area is 175 Å². The third-order valence-corrected chi connectivity index (χ3v) is 6.31.